The molecule has 1 atom stereocenters. The van der Waals surface area contributed by atoms with Crippen molar-refractivity contribution < 1.29 is 0 Å². The van der Waals surface area contributed by atoms with E-state index in [2.05, 4.69) is 16.4 Å². The highest BCUT2D eigenvalue weighted by atomic mass is 14.8. The largest absolute Gasteiger partial charge is 0.319 e. The van der Waals surface area contributed by atoms with E-state index in [1.165, 1.54) is 24.1 Å². The van der Waals surface area contributed by atoms with Crippen LogP contribution in [-0.2, 0) is 6.42 Å². The Hall–Kier alpha value is -0.890. The van der Waals surface area contributed by atoms with Gasteiger partial charge in [0.25, 0.3) is 0 Å². The first-order chi connectivity index (χ1) is 5.92. The summed E-state index contributed by atoms with van der Waals surface area (Å²) in [5, 5.41) is 3.21. The van der Waals surface area contributed by atoms with Crippen LogP contribution in [0.1, 0.15) is 23.6 Å². The van der Waals surface area contributed by atoms with Crippen molar-refractivity contribution >= 4 is 0 Å². The zero-order valence-corrected chi connectivity index (χ0v) is 7.38. The predicted octanol–water partition coefficient (Wildman–Crippen LogP) is 1.33. The maximum atomic E-state index is 4.42. The maximum absolute atomic E-state index is 4.42. The van der Waals surface area contributed by atoms with Gasteiger partial charge >= 0.3 is 0 Å². The van der Waals surface area contributed by atoms with Crippen molar-refractivity contribution in [2.45, 2.75) is 18.8 Å². The Morgan fingerprint density at radius 3 is 3.42 bits per heavy atom. The van der Waals surface area contributed by atoms with Gasteiger partial charge in [-0.05, 0) is 31.5 Å². The summed E-state index contributed by atoms with van der Waals surface area (Å²) in [7, 11) is 2.00. The third kappa shape index (κ3) is 1.23. The average molecular weight is 162 g/mol. The molecule has 1 N–H and O–H groups in total. The summed E-state index contributed by atoms with van der Waals surface area (Å²) in [4.78, 5) is 4.42. The summed E-state index contributed by atoms with van der Waals surface area (Å²) in [6.45, 7) is 1.06. The van der Waals surface area contributed by atoms with Crippen molar-refractivity contribution in [3.63, 3.8) is 0 Å². The van der Waals surface area contributed by atoms with E-state index in [9.17, 15) is 0 Å². The van der Waals surface area contributed by atoms with E-state index >= 15 is 0 Å². The second-order valence-electron chi connectivity index (χ2n) is 3.34. The van der Waals surface area contributed by atoms with Gasteiger partial charge in [0.15, 0.2) is 0 Å². The molecule has 1 aromatic heterocycles. The maximum Gasteiger partial charge on any atom is 0.0479 e. The number of fused-ring (bicyclic) bond motifs is 1. The Morgan fingerprint density at radius 1 is 1.67 bits per heavy atom. The Balaban J connectivity index is 2.24. The number of hydrogen-bond acceptors (Lipinski definition) is 2. The molecular weight excluding hydrogens is 148 g/mol. The highest BCUT2D eigenvalue weighted by molar-refractivity contribution is 5.28. The fourth-order valence-electron chi connectivity index (χ4n) is 1.94. The number of hydrogen-bond donors (Lipinski definition) is 1. The molecule has 1 aliphatic rings. The zero-order chi connectivity index (χ0) is 8.39. The first kappa shape index (κ1) is 7.74. The molecular formula is C10H14N2. The van der Waals surface area contributed by atoms with Crippen LogP contribution in [0, 0.1) is 0 Å². The minimum Gasteiger partial charge on any atom is -0.319 e. The van der Waals surface area contributed by atoms with E-state index in [1.807, 2.05) is 19.3 Å². The molecule has 0 aromatic carbocycles. The lowest BCUT2D eigenvalue weighted by molar-refractivity contribution is 0.613. The molecule has 0 spiro atoms. The normalized spacial score (nSPS) is 20.9. The molecule has 0 fully saturated rings. The van der Waals surface area contributed by atoms with Crippen LogP contribution in [0.3, 0.4) is 0 Å². The molecule has 64 valence electrons. The Morgan fingerprint density at radius 2 is 2.58 bits per heavy atom. The van der Waals surface area contributed by atoms with E-state index in [0.717, 1.165) is 6.54 Å². The lowest BCUT2D eigenvalue weighted by Crippen LogP contribution is -2.15. The smallest absolute Gasteiger partial charge is 0.0479 e. The van der Waals surface area contributed by atoms with Crippen LogP contribution in [0.15, 0.2) is 18.3 Å². The Bertz CT molecular complexity index is 268. The number of pyridine rings is 1. The topological polar surface area (TPSA) is 24.9 Å². The van der Waals surface area contributed by atoms with Crippen LogP contribution in [0.4, 0.5) is 0 Å². The summed E-state index contributed by atoms with van der Waals surface area (Å²) >= 11 is 0. The van der Waals surface area contributed by atoms with Gasteiger partial charge in [-0.2, -0.15) is 0 Å². The Labute approximate surface area is 73.0 Å². The third-order valence-corrected chi connectivity index (χ3v) is 2.53. The van der Waals surface area contributed by atoms with Crippen LogP contribution in [0.2, 0.25) is 0 Å². The van der Waals surface area contributed by atoms with Crippen LogP contribution in [0.25, 0.3) is 0 Å². The van der Waals surface area contributed by atoms with E-state index in [-0.39, 0.29) is 0 Å². The van der Waals surface area contributed by atoms with Gasteiger partial charge in [-0.25, -0.2) is 0 Å². The average Bonchev–Trinajstić information content (AvgIpc) is 2.50. The summed E-state index contributed by atoms with van der Waals surface area (Å²) < 4.78 is 0. The van der Waals surface area contributed by atoms with E-state index in [1.54, 1.807) is 0 Å². The number of nitrogens with one attached hydrogen (secondary N) is 1. The fraction of sp³-hybridized carbons (Fsp3) is 0.500. The molecule has 1 aliphatic carbocycles. The van der Waals surface area contributed by atoms with Crippen molar-refractivity contribution in [1.82, 2.24) is 10.3 Å². The van der Waals surface area contributed by atoms with Gasteiger partial charge in [-0.15, -0.1) is 0 Å². The van der Waals surface area contributed by atoms with Crippen molar-refractivity contribution in [2.75, 3.05) is 13.6 Å². The lowest BCUT2D eigenvalue weighted by atomic mass is 10.1. The molecule has 0 bridgehead atoms. The highest BCUT2D eigenvalue weighted by Gasteiger charge is 2.22. The van der Waals surface area contributed by atoms with Crippen molar-refractivity contribution in [2.24, 2.45) is 0 Å². The molecule has 12 heavy (non-hydrogen) atoms. The van der Waals surface area contributed by atoms with Gasteiger partial charge in [0.1, 0.15) is 0 Å². The minimum atomic E-state index is 0.645. The zero-order valence-electron chi connectivity index (χ0n) is 7.38. The van der Waals surface area contributed by atoms with Crippen molar-refractivity contribution in [3.05, 3.63) is 29.6 Å². The molecule has 1 unspecified atom stereocenters. The number of aromatic nitrogens is 1. The quantitative estimate of drug-likeness (QED) is 0.709. The molecule has 0 radical (unpaired) electrons. The van der Waals surface area contributed by atoms with Gasteiger partial charge in [0.05, 0.1) is 0 Å². The van der Waals surface area contributed by atoms with Gasteiger partial charge in [0.2, 0.25) is 0 Å². The number of nitrogens with zero attached hydrogens (tertiary/aromatic N) is 1. The molecule has 0 saturated carbocycles. The van der Waals surface area contributed by atoms with Crippen LogP contribution in [-0.4, -0.2) is 18.6 Å². The molecule has 0 aliphatic heterocycles. The molecule has 2 nitrogen and oxygen atoms in total. The fourth-order valence-corrected chi connectivity index (χ4v) is 1.94. The second kappa shape index (κ2) is 3.23. The predicted molar refractivity (Wildman–Crippen MR) is 49.2 cm³/mol. The van der Waals surface area contributed by atoms with Crippen LogP contribution < -0.4 is 5.32 Å². The summed E-state index contributed by atoms with van der Waals surface area (Å²) in [6.07, 6.45) is 4.36. The first-order valence-corrected chi connectivity index (χ1v) is 4.50. The minimum absolute atomic E-state index is 0.645. The highest BCUT2D eigenvalue weighted by Crippen LogP contribution is 2.29. The summed E-state index contributed by atoms with van der Waals surface area (Å²) in [6, 6.07) is 4.22. The Kier molecular flexibility index (Phi) is 2.09. The van der Waals surface area contributed by atoms with Crippen molar-refractivity contribution in [1.29, 1.82) is 0 Å². The van der Waals surface area contributed by atoms with E-state index in [0.29, 0.717) is 5.92 Å². The van der Waals surface area contributed by atoms with Crippen molar-refractivity contribution in [3.8, 4) is 0 Å². The summed E-state index contributed by atoms with van der Waals surface area (Å²) in [5.41, 5.74) is 2.75. The molecule has 0 amide bonds. The summed E-state index contributed by atoms with van der Waals surface area (Å²) in [5.74, 6) is 0.645. The van der Waals surface area contributed by atoms with E-state index in [4.69, 9.17) is 0 Å². The SMILES string of the molecule is CNCC1CCc2cccnc21. The van der Waals surface area contributed by atoms with Gasteiger partial charge in [-0.1, -0.05) is 6.07 Å². The lowest BCUT2D eigenvalue weighted by Gasteiger charge is -2.08. The van der Waals surface area contributed by atoms with Gasteiger partial charge in [-0.3, -0.25) is 4.98 Å². The molecule has 0 saturated heterocycles. The number of rotatable bonds is 2. The molecule has 2 rings (SSSR count). The second-order valence-corrected chi connectivity index (χ2v) is 3.34. The third-order valence-electron chi connectivity index (χ3n) is 2.53. The van der Waals surface area contributed by atoms with E-state index < -0.39 is 0 Å². The standard InChI is InChI=1S/C10H14N2/c1-11-7-9-5-4-8-3-2-6-12-10(8)9/h2-3,6,9,11H,4-5,7H2,1H3. The molecule has 1 heterocycles. The first-order valence-electron chi connectivity index (χ1n) is 4.50. The number of aryl methyl sites for hydroxylation is 1. The van der Waals surface area contributed by atoms with Gasteiger partial charge in [0, 0.05) is 24.4 Å². The monoisotopic (exact) mass is 162 g/mol. The van der Waals surface area contributed by atoms with Crippen LogP contribution >= 0.6 is 0 Å². The molecule has 1 aromatic rings. The molecule has 2 heteroatoms. The van der Waals surface area contributed by atoms with Crippen LogP contribution in [0.5, 0.6) is 0 Å². The van der Waals surface area contributed by atoms with Gasteiger partial charge < -0.3 is 5.32 Å². The number of likely N-dealkylation sites (N-methyl/N-ethyl adjacent to an activating group) is 1.